The SMILES string of the molecule is CO[C@H]1C[C@@H]2CC[C@@H](C)[C@@](O)(O2)C(=O)C(=O)N2CCCC[C@H]2C(=O)O[C@H]([C@H](C)C[C@@H]2CC[C@@H](OC(=S)CCc3cnc(N4CCN(C(=O)CCOCCN5CCN(c6ncc(C)cn6)CC5)CC4)nc3)[C@H](OC)C2)C[C@@H](OC)[C@H](C)/C=C(\C)[C@@H](O)[C@@H](OC)C(=O)[C@H](C)C[C@H](C)/C=C/C=C/C=C/1C. The highest BCUT2D eigenvalue weighted by Gasteiger charge is 2.53. The van der Waals surface area contributed by atoms with Gasteiger partial charge in [-0.05, 0) is 144 Å². The Morgan fingerprint density at radius 3 is 2.06 bits per heavy atom. The van der Waals surface area contributed by atoms with Gasteiger partial charge in [-0.2, -0.15) is 0 Å². The van der Waals surface area contributed by atoms with Crippen LogP contribution >= 0.6 is 12.2 Å². The van der Waals surface area contributed by atoms with Crippen LogP contribution in [0.4, 0.5) is 11.9 Å². The molecule has 8 rings (SSSR count). The number of esters is 1. The first-order valence-corrected chi connectivity index (χ1v) is 37.7. The van der Waals surface area contributed by atoms with Crippen molar-refractivity contribution in [2.24, 2.45) is 35.5 Å². The van der Waals surface area contributed by atoms with E-state index >= 15 is 0 Å². The first kappa shape index (κ1) is 81.7. The van der Waals surface area contributed by atoms with Crippen molar-refractivity contribution in [1.82, 2.24) is 34.6 Å². The number of amides is 2. The zero-order chi connectivity index (χ0) is 73.6. The minimum Gasteiger partial charge on any atom is -0.481 e. The quantitative estimate of drug-likeness (QED) is 0.0439. The molecule has 2 aromatic rings. The maximum absolute atomic E-state index is 15.0. The van der Waals surface area contributed by atoms with Crippen molar-refractivity contribution in [1.29, 1.82) is 0 Å². The van der Waals surface area contributed by atoms with E-state index < -0.39 is 77.9 Å². The number of aliphatic hydroxyl groups excluding tert-OH is 1. The van der Waals surface area contributed by atoms with Crippen molar-refractivity contribution in [3.63, 3.8) is 0 Å². The number of carbonyl (C=O) groups is 5. The Hall–Kier alpha value is -6.00. The smallest absolute Gasteiger partial charge is 0.329 e. The number of hydrogen-bond acceptors (Lipinski definition) is 23. The van der Waals surface area contributed by atoms with E-state index in [-0.39, 0.29) is 67.0 Å². The van der Waals surface area contributed by atoms with Crippen LogP contribution < -0.4 is 9.80 Å². The van der Waals surface area contributed by atoms with Gasteiger partial charge in [-0.25, -0.2) is 24.7 Å². The standard InChI is InChI=1S/C77H117N9O15S/c1-50-18-14-13-15-19-52(3)63(94-9)44-60-24-21-57(8)77(93,101-60)72(90)73(91)86-28-17-16-20-61(86)74(92)100-65(45-64(95-10)53(4)41-56(7)70(89)71(97-12)69(88)55(6)40-50)54(5)42-58-22-25-62(66(43-58)96-11)99-68(102)26-23-59-48-80-76(81-49-59)85-35-33-83(34-36-85)67(87)27-38-98-39-37-82-29-31-84(32-30-82)75-78-46-51(2)47-79-75/h13-15,18-19,41,46-50,53-55,57-58,60-66,70-71,89,93H,16-17,20-40,42-45H2,1-12H3/b15-13+,18-14+,52-19+,56-41+/t50-,53-,54-,55-,57-,58+,60+,61+,62-,63+,64-,65+,66-,70-,71+,77-/m1/s1. The van der Waals surface area contributed by atoms with Crippen molar-refractivity contribution in [2.75, 3.05) is 117 Å². The maximum atomic E-state index is 15.0. The Morgan fingerprint density at radius 1 is 0.716 bits per heavy atom. The fourth-order valence-corrected chi connectivity index (χ4v) is 15.5. The van der Waals surface area contributed by atoms with E-state index in [1.807, 2.05) is 108 Å². The maximum Gasteiger partial charge on any atom is 0.329 e. The zero-order valence-corrected chi connectivity index (χ0v) is 63.5. The number of thiocarbonyl (C=S) groups is 1. The minimum atomic E-state index is -2.44. The van der Waals surface area contributed by atoms with Gasteiger partial charge in [-0.1, -0.05) is 71.1 Å². The van der Waals surface area contributed by atoms with Crippen LogP contribution in [0.1, 0.15) is 149 Å². The van der Waals surface area contributed by atoms with Gasteiger partial charge in [0.2, 0.25) is 23.6 Å². The first-order valence-electron chi connectivity index (χ1n) is 37.3. The molecule has 25 heteroatoms. The number of methoxy groups -OCH3 is 4. The molecule has 102 heavy (non-hydrogen) atoms. The number of cyclic esters (lactones) is 1. The summed E-state index contributed by atoms with van der Waals surface area (Å²) in [6, 6.07) is -1.11. The van der Waals surface area contributed by atoms with Gasteiger partial charge in [0.05, 0.1) is 44.1 Å². The average Bonchev–Trinajstić information content (AvgIpc) is 0.773. The highest BCUT2D eigenvalue weighted by Crippen LogP contribution is 2.39. The molecule has 7 heterocycles. The van der Waals surface area contributed by atoms with Crippen LogP contribution in [-0.4, -0.2) is 247 Å². The van der Waals surface area contributed by atoms with Gasteiger partial charge < -0.3 is 67.7 Å². The molecule has 1 aliphatic carbocycles. The molecular weight excluding hydrogens is 1320 g/mol. The fraction of sp³-hybridized carbons (Fsp3) is 0.714. The summed E-state index contributed by atoms with van der Waals surface area (Å²) in [4.78, 5) is 99.5. The van der Waals surface area contributed by atoms with Gasteiger partial charge in [-0.15, -0.1) is 0 Å². The molecule has 2 aromatic heterocycles. The second kappa shape index (κ2) is 39.9. The molecule has 6 aliphatic rings. The summed E-state index contributed by atoms with van der Waals surface area (Å²) in [5.41, 5.74) is 3.37. The number of anilines is 2. The van der Waals surface area contributed by atoms with Crippen LogP contribution in [0, 0.1) is 42.4 Å². The third-order valence-electron chi connectivity index (χ3n) is 21.9. The lowest BCUT2D eigenvalue weighted by molar-refractivity contribution is -0.265. The number of ether oxygens (including phenoxy) is 8. The van der Waals surface area contributed by atoms with Gasteiger partial charge in [0, 0.05) is 156 Å². The van der Waals surface area contributed by atoms with E-state index in [1.54, 1.807) is 35.2 Å². The molecule has 2 bridgehead atoms. The number of aryl methyl sites for hydroxylation is 2. The van der Waals surface area contributed by atoms with E-state index in [9.17, 15) is 34.2 Å². The summed E-state index contributed by atoms with van der Waals surface area (Å²) in [6.07, 6.45) is 21.2. The lowest BCUT2D eigenvalue weighted by Crippen LogP contribution is -2.61. The highest BCUT2D eigenvalue weighted by molar-refractivity contribution is 7.80. The van der Waals surface area contributed by atoms with E-state index in [0.29, 0.717) is 133 Å². The van der Waals surface area contributed by atoms with Crippen LogP contribution in [0.15, 0.2) is 72.4 Å². The molecule has 5 aliphatic heterocycles. The van der Waals surface area contributed by atoms with Crippen LogP contribution in [0.3, 0.4) is 0 Å². The van der Waals surface area contributed by atoms with Gasteiger partial charge in [0.15, 0.2) is 10.8 Å². The summed E-state index contributed by atoms with van der Waals surface area (Å²) in [5.74, 6) is -5.54. The lowest BCUT2D eigenvalue weighted by Gasteiger charge is -2.43. The number of piperazine rings is 2. The topological polar surface area (TPSA) is 267 Å². The van der Waals surface area contributed by atoms with E-state index in [0.717, 1.165) is 61.8 Å². The van der Waals surface area contributed by atoms with Crippen molar-refractivity contribution in [3.05, 3.63) is 83.5 Å². The van der Waals surface area contributed by atoms with Gasteiger partial charge in [-0.3, -0.25) is 24.1 Å². The lowest BCUT2D eigenvalue weighted by atomic mass is 9.78. The summed E-state index contributed by atoms with van der Waals surface area (Å²) in [6.45, 7) is 23.1. The summed E-state index contributed by atoms with van der Waals surface area (Å²) in [5, 5.41) is 24.5. The molecular formula is C77H117N9O15S. The number of rotatable bonds is 19. The Bertz CT molecular complexity index is 3160. The van der Waals surface area contributed by atoms with E-state index in [1.165, 1.54) is 12.0 Å². The number of fused-ring (bicyclic) bond motifs is 3. The number of hydrogen-bond donors (Lipinski definition) is 2. The molecule has 2 amide bonds. The Morgan fingerprint density at radius 2 is 1.39 bits per heavy atom. The molecule has 0 spiro atoms. The molecule has 2 N–H and O–H groups in total. The summed E-state index contributed by atoms with van der Waals surface area (Å²) >= 11 is 5.86. The van der Waals surface area contributed by atoms with Crippen LogP contribution in [0.2, 0.25) is 0 Å². The Labute approximate surface area is 610 Å². The average molecular weight is 1440 g/mol. The molecule has 16 atom stereocenters. The van der Waals surface area contributed by atoms with E-state index in [4.69, 9.17) is 60.1 Å². The number of allylic oxidation sites excluding steroid dienone is 5. The fourth-order valence-electron chi connectivity index (χ4n) is 15.3. The van der Waals surface area contributed by atoms with Crippen LogP contribution in [0.25, 0.3) is 0 Å². The number of ketones is 2. The molecule has 566 valence electrons. The predicted octanol–water partition coefficient (Wildman–Crippen LogP) is 8.38. The second-order valence-corrected chi connectivity index (χ2v) is 29.9. The normalized spacial score (nSPS) is 32.7. The monoisotopic (exact) mass is 1440 g/mol. The number of aliphatic hydroxyl groups is 2. The number of aromatic nitrogens is 4. The summed E-state index contributed by atoms with van der Waals surface area (Å²) in [7, 11) is 6.29. The van der Waals surface area contributed by atoms with Crippen molar-refractivity contribution in [3.8, 4) is 0 Å². The third-order valence-corrected chi connectivity index (χ3v) is 22.2. The van der Waals surface area contributed by atoms with Gasteiger partial charge in [0.25, 0.3) is 11.7 Å². The number of nitrogens with zero attached hydrogens (tertiary/aromatic N) is 9. The minimum absolute atomic E-state index is 0.0228. The molecule has 24 nitrogen and oxygen atoms in total. The molecule has 4 saturated heterocycles. The largest absolute Gasteiger partial charge is 0.481 e. The highest BCUT2D eigenvalue weighted by atomic mass is 32.1. The van der Waals surface area contributed by atoms with Gasteiger partial charge >= 0.3 is 5.97 Å². The van der Waals surface area contributed by atoms with E-state index in [2.05, 4.69) is 24.7 Å². The second-order valence-electron chi connectivity index (χ2n) is 29.5. The molecule has 0 unspecified atom stereocenters. The van der Waals surface area contributed by atoms with Crippen molar-refractivity contribution >= 4 is 58.5 Å². The number of carbonyl (C=O) groups excluding carboxylic acids is 5. The van der Waals surface area contributed by atoms with Crippen molar-refractivity contribution in [2.45, 2.75) is 212 Å². The Kier molecular flexibility index (Phi) is 32.0. The van der Waals surface area contributed by atoms with Gasteiger partial charge in [0.1, 0.15) is 30.5 Å². The third kappa shape index (κ3) is 22.8. The Balaban J connectivity index is 0.860. The summed E-state index contributed by atoms with van der Waals surface area (Å²) < 4.78 is 49.3. The molecule has 5 fully saturated rings. The number of piperidine rings is 1. The predicted molar refractivity (Wildman–Crippen MR) is 392 cm³/mol. The zero-order valence-electron chi connectivity index (χ0n) is 62.7. The molecule has 1 saturated carbocycles. The molecule has 0 radical (unpaired) electrons. The van der Waals surface area contributed by atoms with Crippen molar-refractivity contribution < 1.29 is 72.1 Å². The molecule has 0 aromatic carbocycles. The van der Waals surface area contributed by atoms with Crippen LogP contribution in [0.5, 0.6) is 0 Å². The van der Waals surface area contributed by atoms with Crippen LogP contribution in [-0.2, 0) is 68.3 Å². The number of Topliss-reactive ketones (excluding diaryl/α,β-unsaturated/α-hetero) is 2. The first-order chi connectivity index (χ1) is 48.9.